The second-order valence-electron chi connectivity index (χ2n) is 11.3. The SMILES string of the molecule is NCc1cccc(Oc2ccccc2N(Cc2ccc(-c3ccc(F)cc3)cc2)C(=O)CCC(=O)NCc2ccccc2F)c1.O=C(O)C(F)(F)F. The van der Waals surface area contributed by atoms with Crippen molar-refractivity contribution in [3.8, 4) is 22.6 Å². The molecule has 0 saturated carbocycles. The molecule has 0 aromatic heterocycles. The zero-order valence-electron chi connectivity index (χ0n) is 27.6. The highest BCUT2D eigenvalue weighted by molar-refractivity contribution is 5.96. The second-order valence-corrected chi connectivity index (χ2v) is 11.3. The van der Waals surface area contributed by atoms with E-state index in [9.17, 15) is 31.5 Å². The molecule has 0 aliphatic rings. The number of benzene rings is 5. The first-order valence-corrected chi connectivity index (χ1v) is 15.9. The molecule has 0 radical (unpaired) electrons. The Bertz CT molecular complexity index is 1970. The van der Waals surface area contributed by atoms with E-state index in [0.717, 1.165) is 22.3 Å². The van der Waals surface area contributed by atoms with Crippen molar-refractivity contribution < 1.29 is 46.2 Å². The Balaban J connectivity index is 0.000000785. The maximum absolute atomic E-state index is 14.0. The Morgan fingerprint density at radius 1 is 0.750 bits per heavy atom. The van der Waals surface area contributed by atoms with E-state index in [4.69, 9.17) is 20.4 Å². The van der Waals surface area contributed by atoms with E-state index in [2.05, 4.69) is 5.32 Å². The summed E-state index contributed by atoms with van der Waals surface area (Å²) in [6.45, 7) is 0.599. The van der Waals surface area contributed by atoms with Gasteiger partial charge in [0.1, 0.15) is 17.4 Å². The molecule has 0 fully saturated rings. The Kier molecular flexibility index (Phi) is 13.6. The molecule has 0 spiro atoms. The van der Waals surface area contributed by atoms with Crippen LogP contribution in [-0.4, -0.2) is 29.1 Å². The molecular weight excluding hydrogens is 685 g/mol. The Morgan fingerprint density at radius 3 is 2.00 bits per heavy atom. The summed E-state index contributed by atoms with van der Waals surface area (Å²) in [7, 11) is 0. The van der Waals surface area contributed by atoms with Gasteiger partial charge in [0.05, 0.1) is 12.2 Å². The van der Waals surface area contributed by atoms with E-state index in [1.807, 2.05) is 60.7 Å². The van der Waals surface area contributed by atoms with Crippen LogP contribution in [0.25, 0.3) is 11.1 Å². The molecular formula is C39H34F5N3O5. The summed E-state index contributed by atoms with van der Waals surface area (Å²) >= 11 is 0. The predicted octanol–water partition coefficient (Wildman–Crippen LogP) is 8.15. The van der Waals surface area contributed by atoms with Crippen LogP contribution in [0.15, 0.2) is 121 Å². The van der Waals surface area contributed by atoms with Crippen LogP contribution >= 0.6 is 0 Å². The Morgan fingerprint density at radius 2 is 1.37 bits per heavy atom. The third kappa shape index (κ3) is 11.5. The molecule has 5 rings (SSSR count). The highest BCUT2D eigenvalue weighted by atomic mass is 19.4. The number of anilines is 1. The molecule has 0 saturated heterocycles. The minimum Gasteiger partial charge on any atom is -0.475 e. The van der Waals surface area contributed by atoms with Gasteiger partial charge in [-0.3, -0.25) is 9.59 Å². The smallest absolute Gasteiger partial charge is 0.475 e. The van der Waals surface area contributed by atoms with Crippen molar-refractivity contribution in [3.05, 3.63) is 150 Å². The largest absolute Gasteiger partial charge is 0.490 e. The Labute approximate surface area is 296 Å². The number of aliphatic carboxylic acids is 1. The molecule has 13 heteroatoms. The molecule has 52 heavy (non-hydrogen) atoms. The summed E-state index contributed by atoms with van der Waals surface area (Å²) in [5, 5.41) is 9.82. The van der Waals surface area contributed by atoms with Gasteiger partial charge in [-0.15, -0.1) is 0 Å². The lowest BCUT2D eigenvalue weighted by Gasteiger charge is -2.25. The van der Waals surface area contributed by atoms with Gasteiger partial charge in [0.2, 0.25) is 11.8 Å². The third-order valence-corrected chi connectivity index (χ3v) is 7.53. The van der Waals surface area contributed by atoms with Crippen molar-refractivity contribution >= 4 is 23.5 Å². The van der Waals surface area contributed by atoms with Gasteiger partial charge in [0.25, 0.3) is 0 Å². The van der Waals surface area contributed by atoms with Crippen LogP contribution in [0.3, 0.4) is 0 Å². The van der Waals surface area contributed by atoms with Crippen molar-refractivity contribution in [2.24, 2.45) is 5.73 Å². The summed E-state index contributed by atoms with van der Waals surface area (Å²) in [6, 6.07) is 34.8. The number of ether oxygens (including phenoxy) is 1. The molecule has 0 bridgehead atoms. The number of carbonyl (C=O) groups is 3. The number of amides is 2. The van der Waals surface area contributed by atoms with E-state index in [1.165, 1.54) is 18.2 Å². The van der Waals surface area contributed by atoms with Crippen LogP contribution in [0.5, 0.6) is 11.5 Å². The normalized spacial score (nSPS) is 10.8. The summed E-state index contributed by atoms with van der Waals surface area (Å²) in [4.78, 5) is 36.9. The number of nitrogens with zero attached hydrogens (tertiary/aromatic N) is 1. The minimum atomic E-state index is -5.08. The molecule has 0 aliphatic carbocycles. The lowest BCUT2D eigenvalue weighted by molar-refractivity contribution is -0.192. The average molecular weight is 720 g/mol. The second kappa shape index (κ2) is 18.2. The van der Waals surface area contributed by atoms with Crippen LogP contribution in [0.1, 0.15) is 29.5 Å². The topological polar surface area (TPSA) is 122 Å². The summed E-state index contributed by atoms with van der Waals surface area (Å²) in [6.07, 6.45) is -5.23. The zero-order chi connectivity index (χ0) is 37.7. The van der Waals surface area contributed by atoms with Crippen molar-refractivity contribution in [1.82, 2.24) is 5.32 Å². The predicted molar refractivity (Wildman–Crippen MR) is 185 cm³/mol. The molecule has 5 aromatic carbocycles. The van der Waals surface area contributed by atoms with E-state index in [1.54, 1.807) is 47.4 Å². The highest BCUT2D eigenvalue weighted by Crippen LogP contribution is 2.34. The molecule has 4 N–H and O–H groups in total. The number of halogens is 5. The number of alkyl halides is 3. The number of rotatable bonds is 12. The molecule has 0 heterocycles. The van der Waals surface area contributed by atoms with E-state index in [0.29, 0.717) is 29.3 Å². The summed E-state index contributed by atoms with van der Waals surface area (Å²) in [5.74, 6) is -3.07. The molecule has 0 atom stereocenters. The van der Waals surface area contributed by atoms with E-state index >= 15 is 0 Å². The van der Waals surface area contributed by atoms with Gasteiger partial charge in [0, 0.05) is 31.5 Å². The van der Waals surface area contributed by atoms with Gasteiger partial charge in [-0.2, -0.15) is 13.2 Å². The number of para-hydroxylation sites is 2. The zero-order valence-corrected chi connectivity index (χ0v) is 27.6. The number of carboxylic acid groups (broad SMARTS) is 1. The average Bonchev–Trinajstić information content (AvgIpc) is 3.13. The van der Waals surface area contributed by atoms with Gasteiger partial charge < -0.3 is 25.8 Å². The van der Waals surface area contributed by atoms with Crippen molar-refractivity contribution in [1.29, 1.82) is 0 Å². The molecule has 0 aliphatic heterocycles. The first kappa shape index (κ1) is 38.7. The molecule has 5 aromatic rings. The fourth-order valence-electron chi connectivity index (χ4n) is 4.84. The number of hydrogen-bond acceptors (Lipinski definition) is 5. The van der Waals surface area contributed by atoms with Gasteiger partial charge in [-0.1, -0.05) is 78.9 Å². The van der Waals surface area contributed by atoms with Crippen LogP contribution in [0.2, 0.25) is 0 Å². The standard InChI is InChI=1S/C37H33F2N3O3.C2HF3O2/c38-31-18-16-29(17-19-31)28-14-12-26(13-15-28)25-42(37(44)21-20-36(43)41-24-30-7-1-2-9-33(30)39)34-10-3-4-11-35(34)45-32-8-5-6-27(22-32)23-40;3-2(4,5)1(6)7/h1-19,22H,20-21,23-25,40H2,(H,41,43);(H,6,7). The highest BCUT2D eigenvalue weighted by Gasteiger charge is 2.38. The maximum atomic E-state index is 14.0. The quantitative estimate of drug-likeness (QED) is 0.112. The van der Waals surface area contributed by atoms with Gasteiger partial charge in [-0.25, -0.2) is 13.6 Å². The first-order valence-electron chi connectivity index (χ1n) is 15.9. The molecule has 0 unspecified atom stereocenters. The number of carbonyl (C=O) groups excluding carboxylic acids is 2. The third-order valence-electron chi connectivity index (χ3n) is 7.53. The van der Waals surface area contributed by atoms with Crippen LogP contribution < -0.4 is 20.7 Å². The van der Waals surface area contributed by atoms with Gasteiger partial charge in [-0.05, 0) is 64.7 Å². The number of hydrogen-bond donors (Lipinski definition) is 3. The Hall–Kier alpha value is -6.08. The van der Waals surface area contributed by atoms with Gasteiger partial charge in [0.15, 0.2) is 5.75 Å². The van der Waals surface area contributed by atoms with Crippen LogP contribution in [0.4, 0.5) is 27.6 Å². The lowest BCUT2D eigenvalue weighted by Crippen LogP contribution is -2.32. The fraction of sp³-hybridized carbons (Fsp3) is 0.154. The molecule has 2 amide bonds. The van der Waals surface area contributed by atoms with E-state index < -0.39 is 18.0 Å². The van der Waals surface area contributed by atoms with Crippen molar-refractivity contribution in [3.63, 3.8) is 0 Å². The van der Waals surface area contributed by atoms with Crippen molar-refractivity contribution in [2.75, 3.05) is 4.90 Å². The molecule has 270 valence electrons. The van der Waals surface area contributed by atoms with E-state index in [-0.39, 0.29) is 43.6 Å². The number of nitrogens with one attached hydrogen (secondary N) is 1. The van der Waals surface area contributed by atoms with Crippen LogP contribution in [-0.2, 0) is 34.0 Å². The number of carboxylic acids is 1. The first-order chi connectivity index (χ1) is 24.8. The molecule has 8 nitrogen and oxygen atoms in total. The minimum absolute atomic E-state index is 0.0301. The summed E-state index contributed by atoms with van der Waals surface area (Å²) in [5.41, 5.74) is 10.2. The van der Waals surface area contributed by atoms with Gasteiger partial charge >= 0.3 is 12.1 Å². The van der Waals surface area contributed by atoms with Crippen LogP contribution in [0, 0.1) is 11.6 Å². The monoisotopic (exact) mass is 719 g/mol. The lowest BCUT2D eigenvalue weighted by atomic mass is 10.0. The van der Waals surface area contributed by atoms with Crippen molar-refractivity contribution in [2.45, 2.75) is 38.7 Å². The number of nitrogens with two attached hydrogens (primary N) is 1. The maximum Gasteiger partial charge on any atom is 0.490 e. The fourth-order valence-corrected chi connectivity index (χ4v) is 4.84. The summed E-state index contributed by atoms with van der Waals surface area (Å²) < 4.78 is 65.4.